The fraction of sp³-hybridized carbons (Fsp3) is 0.364. The molecule has 2 aromatic carbocycles. The molecule has 4 rings (SSSR count). The van der Waals surface area contributed by atoms with E-state index < -0.39 is 5.97 Å². The standard InChI is InChI=1S/C22H24ClN3O4S/c23-16-12-17(14-18(27)13-16)24-7-9-25(10-8-24)31-19-1-2-20-15(11-19)5-6-26(20)21(28)3-4-22(29)30/h1-2,11-14,27H,3-10H2,(H,29,30). The second-order valence-corrected chi connectivity index (χ2v) is 9.26. The van der Waals surface area contributed by atoms with Crippen LogP contribution in [0.4, 0.5) is 11.4 Å². The first-order valence-corrected chi connectivity index (χ1v) is 11.4. The van der Waals surface area contributed by atoms with Crippen molar-refractivity contribution in [1.29, 1.82) is 0 Å². The van der Waals surface area contributed by atoms with Crippen LogP contribution in [0.1, 0.15) is 18.4 Å². The predicted molar refractivity (Wildman–Crippen MR) is 122 cm³/mol. The van der Waals surface area contributed by atoms with Gasteiger partial charge < -0.3 is 20.0 Å². The van der Waals surface area contributed by atoms with E-state index in [1.165, 1.54) is 6.07 Å². The number of rotatable bonds is 6. The summed E-state index contributed by atoms with van der Waals surface area (Å²) in [5, 5.41) is 19.1. The van der Waals surface area contributed by atoms with Gasteiger partial charge in [0.15, 0.2) is 0 Å². The lowest BCUT2D eigenvalue weighted by atomic mass is 10.2. The highest BCUT2D eigenvalue weighted by Gasteiger charge is 2.26. The molecule has 0 radical (unpaired) electrons. The Morgan fingerprint density at radius 3 is 2.48 bits per heavy atom. The van der Waals surface area contributed by atoms with E-state index in [0.29, 0.717) is 11.6 Å². The van der Waals surface area contributed by atoms with Gasteiger partial charge in [-0.1, -0.05) is 11.6 Å². The minimum Gasteiger partial charge on any atom is -0.508 e. The summed E-state index contributed by atoms with van der Waals surface area (Å²) >= 11 is 7.77. The number of hydrogen-bond acceptors (Lipinski definition) is 6. The molecule has 0 spiro atoms. The lowest BCUT2D eigenvalue weighted by Crippen LogP contribution is -2.43. The second kappa shape index (κ2) is 9.38. The van der Waals surface area contributed by atoms with Crippen molar-refractivity contribution in [3.8, 4) is 5.75 Å². The zero-order valence-corrected chi connectivity index (χ0v) is 18.5. The molecule has 1 amide bonds. The van der Waals surface area contributed by atoms with Gasteiger partial charge in [0, 0.05) is 66.5 Å². The summed E-state index contributed by atoms with van der Waals surface area (Å²) in [5.41, 5.74) is 2.95. The van der Waals surface area contributed by atoms with Crippen LogP contribution in [0.15, 0.2) is 41.3 Å². The number of nitrogens with zero attached hydrogens (tertiary/aromatic N) is 3. The van der Waals surface area contributed by atoms with Gasteiger partial charge in [0.05, 0.1) is 6.42 Å². The smallest absolute Gasteiger partial charge is 0.303 e. The number of phenols is 1. The first-order chi connectivity index (χ1) is 14.9. The van der Waals surface area contributed by atoms with Crippen LogP contribution in [0, 0.1) is 0 Å². The summed E-state index contributed by atoms with van der Waals surface area (Å²) in [6.07, 6.45) is 0.675. The number of carbonyl (C=O) groups is 2. The predicted octanol–water partition coefficient (Wildman–Crippen LogP) is 3.63. The van der Waals surface area contributed by atoms with Gasteiger partial charge in [-0.3, -0.25) is 9.59 Å². The van der Waals surface area contributed by atoms with E-state index in [1.54, 1.807) is 22.9 Å². The van der Waals surface area contributed by atoms with Crippen molar-refractivity contribution in [2.45, 2.75) is 24.2 Å². The van der Waals surface area contributed by atoms with E-state index in [2.05, 4.69) is 15.3 Å². The lowest BCUT2D eigenvalue weighted by Gasteiger charge is -2.35. The molecule has 7 nitrogen and oxygen atoms in total. The third-order valence-electron chi connectivity index (χ3n) is 5.51. The fourth-order valence-corrected chi connectivity index (χ4v) is 5.16. The summed E-state index contributed by atoms with van der Waals surface area (Å²) in [4.78, 5) is 28.1. The van der Waals surface area contributed by atoms with E-state index >= 15 is 0 Å². The van der Waals surface area contributed by atoms with Gasteiger partial charge in [-0.2, -0.15) is 0 Å². The maximum atomic E-state index is 12.3. The number of hydrogen-bond donors (Lipinski definition) is 2. The Bertz CT molecular complexity index is 974. The highest BCUT2D eigenvalue weighted by molar-refractivity contribution is 7.97. The monoisotopic (exact) mass is 461 g/mol. The van der Waals surface area contributed by atoms with Crippen LogP contribution < -0.4 is 9.80 Å². The molecule has 1 fully saturated rings. The Balaban J connectivity index is 1.34. The van der Waals surface area contributed by atoms with Gasteiger partial charge in [-0.05, 0) is 54.3 Å². The molecule has 0 aliphatic carbocycles. The van der Waals surface area contributed by atoms with Crippen LogP contribution in [0.3, 0.4) is 0 Å². The zero-order valence-electron chi connectivity index (χ0n) is 17.0. The maximum Gasteiger partial charge on any atom is 0.303 e. The van der Waals surface area contributed by atoms with E-state index in [-0.39, 0.29) is 24.5 Å². The summed E-state index contributed by atoms with van der Waals surface area (Å²) in [7, 11) is 0. The molecule has 2 heterocycles. The number of halogens is 1. The van der Waals surface area contributed by atoms with Gasteiger partial charge in [0.1, 0.15) is 5.75 Å². The number of benzene rings is 2. The molecule has 0 saturated carbocycles. The molecule has 2 aliphatic heterocycles. The average molecular weight is 462 g/mol. The Morgan fingerprint density at radius 2 is 1.77 bits per heavy atom. The van der Waals surface area contributed by atoms with Crippen molar-refractivity contribution in [2.24, 2.45) is 0 Å². The number of fused-ring (bicyclic) bond motifs is 1. The van der Waals surface area contributed by atoms with E-state index in [0.717, 1.165) is 54.4 Å². The molecule has 2 aliphatic rings. The number of carboxylic acid groups (broad SMARTS) is 1. The Kier molecular flexibility index (Phi) is 6.60. The molecule has 0 atom stereocenters. The number of piperazine rings is 1. The third-order valence-corrected chi connectivity index (χ3v) is 6.81. The fourth-order valence-electron chi connectivity index (χ4n) is 3.97. The van der Waals surface area contributed by atoms with Crippen molar-refractivity contribution in [1.82, 2.24) is 4.31 Å². The Labute approximate surface area is 190 Å². The first kappa shape index (κ1) is 21.8. The third kappa shape index (κ3) is 5.26. The number of phenolic OH excluding ortho intramolecular Hbond substituents is 1. The maximum absolute atomic E-state index is 12.3. The summed E-state index contributed by atoms with van der Waals surface area (Å²) in [6.45, 7) is 4.02. The van der Waals surface area contributed by atoms with Gasteiger partial charge in [0.25, 0.3) is 0 Å². The number of aliphatic carboxylic acids is 1. The molecule has 1 saturated heterocycles. The van der Waals surface area contributed by atoms with Crippen molar-refractivity contribution < 1.29 is 19.8 Å². The van der Waals surface area contributed by atoms with Crippen LogP contribution >= 0.6 is 23.5 Å². The Morgan fingerprint density at radius 1 is 1.00 bits per heavy atom. The van der Waals surface area contributed by atoms with Crippen molar-refractivity contribution in [3.63, 3.8) is 0 Å². The number of aromatic hydroxyl groups is 1. The van der Waals surface area contributed by atoms with Crippen LogP contribution in [0.25, 0.3) is 0 Å². The van der Waals surface area contributed by atoms with Gasteiger partial charge in [-0.25, -0.2) is 4.31 Å². The second-order valence-electron chi connectivity index (χ2n) is 7.65. The summed E-state index contributed by atoms with van der Waals surface area (Å²) < 4.78 is 2.31. The lowest BCUT2D eigenvalue weighted by molar-refractivity contribution is -0.138. The molecule has 31 heavy (non-hydrogen) atoms. The van der Waals surface area contributed by atoms with Crippen LogP contribution in [-0.2, 0) is 16.0 Å². The minimum absolute atomic E-state index is 0.0277. The highest BCUT2D eigenvalue weighted by atomic mass is 35.5. The zero-order chi connectivity index (χ0) is 22.0. The molecule has 9 heteroatoms. The molecule has 2 aromatic rings. The number of amides is 1. The van der Waals surface area contributed by atoms with Gasteiger partial charge in [-0.15, -0.1) is 0 Å². The quantitative estimate of drug-likeness (QED) is 0.635. The topological polar surface area (TPSA) is 84.3 Å². The number of carbonyl (C=O) groups excluding carboxylic acids is 1. The summed E-state index contributed by atoms with van der Waals surface area (Å²) in [5.74, 6) is -0.913. The van der Waals surface area contributed by atoms with Crippen molar-refractivity contribution in [3.05, 3.63) is 47.0 Å². The van der Waals surface area contributed by atoms with E-state index in [9.17, 15) is 14.7 Å². The van der Waals surface area contributed by atoms with Crippen LogP contribution in [-0.4, -0.2) is 59.1 Å². The molecule has 0 bridgehead atoms. The van der Waals surface area contributed by atoms with Crippen LogP contribution in [0.2, 0.25) is 5.02 Å². The first-order valence-electron chi connectivity index (χ1n) is 10.2. The normalized spacial score (nSPS) is 16.4. The number of anilines is 2. The van der Waals surface area contributed by atoms with Gasteiger partial charge >= 0.3 is 5.97 Å². The molecular weight excluding hydrogens is 438 g/mol. The van der Waals surface area contributed by atoms with E-state index in [1.807, 2.05) is 18.2 Å². The van der Waals surface area contributed by atoms with E-state index in [4.69, 9.17) is 16.7 Å². The molecule has 0 aromatic heterocycles. The molecule has 164 valence electrons. The average Bonchev–Trinajstić information content (AvgIpc) is 3.15. The Hall–Kier alpha value is -2.42. The summed E-state index contributed by atoms with van der Waals surface area (Å²) in [6, 6.07) is 11.3. The highest BCUT2D eigenvalue weighted by Crippen LogP contribution is 2.34. The van der Waals surface area contributed by atoms with Gasteiger partial charge in [0.2, 0.25) is 5.91 Å². The minimum atomic E-state index is -0.952. The van der Waals surface area contributed by atoms with Crippen molar-refractivity contribution >= 4 is 46.8 Å². The largest absolute Gasteiger partial charge is 0.508 e. The SMILES string of the molecule is O=C(O)CCC(=O)N1CCc2cc(SN3CCN(c4cc(O)cc(Cl)c4)CC3)ccc21. The molecule has 2 N–H and O–H groups in total. The van der Waals surface area contributed by atoms with Crippen molar-refractivity contribution in [2.75, 3.05) is 42.5 Å². The molecule has 0 unspecified atom stereocenters. The number of carboxylic acids is 1. The molecular formula is C22H24ClN3O4S. The van der Waals surface area contributed by atoms with Crippen LogP contribution in [0.5, 0.6) is 5.75 Å².